The Labute approximate surface area is 322 Å². The summed E-state index contributed by atoms with van der Waals surface area (Å²) in [5, 5.41) is 9.98. The van der Waals surface area contributed by atoms with Gasteiger partial charge in [0.2, 0.25) is 15.7 Å². The van der Waals surface area contributed by atoms with Crippen molar-refractivity contribution < 1.29 is 8.23 Å². The van der Waals surface area contributed by atoms with E-state index in [0.29, 0.717) is 0 Å². The van der Waals surface area contributed by atoms with Gasteiger partial charge in [-0.2, -0.15) is 0 Å². The predicted octanol–water partition coefficient (Wildman–Crippen LogP) is 5.23. The van der Waals surface area contributed by atoms with Crippen LogP contribution in [0.5, 0.6) is 0 Å². The van der Waals surface area contributed by atoms with Crippen molar-refractivity contribution in [3.05, 3.63) is 243 Å². The van der Waals surface area contributed by atoms with Crippen LogP contribution in [0.15, 0.2) is 243 Å². The fraction of sp³-hybridized carbons (Fsp3) is 0. The van der Waals surface area contributed by atoms with Gasteiger partial charge in [0.1, 0.15) is 0 Å². The van der Waals surface area contributed by atoms with Crippen LogP contribution in [0, 0.1) is 0 Å². The van der Waals surface area contributed by atoms with E-state index < -0.39 is 31.3 Å². The van der Waals surface area contributed by atoms with E-state index in [4.69, 9.17) is 8.23 Å². The van der Waals surface area contributed by atoms with E-state index in [1.807, 2.05) is 0 Å². The van der Waals surface area contributed by atoms with Gasteiger partial charge in [0.25, 0.3) is 0 Å². The summed E-state index contributed by atoms with van der Waals surface area (Å²) >= 11 is 0. The normalized spacial score (nSPS) is 16.6. The fourth-order valence-electron chi connectivity index (χ4n) is 9.05. The van der Waals surface area contributed by atoms with Crippen molar-refractivity contribution in [2.24, 2.45) is 0 Å². The summed E-state index contributed by atoms with van der Waals surface area (Å²) in [5.41, 5.74) is 0. The first kappa shape index (κ1) is 34.3. The molecule has 9 rings (SSSR count). The molecule has 0 amide bonds. The van der Waals surface area contributed by atoms with Crippen LogP contribution in [0.25, 0.3) is 0 Å². The molecule has 0 spiro atoms. The highest BCUT2D eigenvalue weighted by Gasteiger charge is 2.81. The SMILES string of the molecule is c1ccc([Si]2(c3ccccc3)O[Si](c3ccccc3)(c3ccccc3)[Si](c3ccccc3)(c3ccccc3)[Si](c3ccccc3)(c3ccccc3)O2)cc1. The number of hydrogen-bond acceptors (Lipinski definition) is 2. The van der Waals surface area contributed by atoms with Crippen molar-refractivity contribution in [3.63, 3.8) is 0 Å². The molecule has 6 heteroatoms. The molecule has 0 N–H and O–H groups in total. The molecule has 1 aliphatic rings. The molecule has 0 atom stereocenters. The third-order valence-corrected chi connectivity index (χ3v) is 48.6. The maximum absolute atomic E-state index is 8.78. The first-order valence-electron chi connectivity index (χ1n) is 18.6. The van der Waals surface area contributed by atoms with Crippen molar-refractivity contribution in [1.82, 2.24) is 0 Å². The van der Waals surface area contributed by atoms with E-state index in [1.54, 1.807) is 0 Å². The van der Waals surface area contributed by atoms with E-state index in [0.717, 1.165) is 10.4 Å². The molecule has 1 fully saturated rings. The van der Waals surface area contributed by atoms with Crippen LogP contribution in [-0.4, -0.2) is 31.3 Å². The Bertz CT molecular complexity index is 2170. The molecule has 54 heavy (non-hydrogen) atoms. The zero-order chi connectivity index (χ0) is 36.3. The summed E-state index contributed by atoms with van der Waals surface area (Å²) in [6.07, 6.45) is 0. The topological polar surface area (TPSA) is 18.5 Å². The molecule has 0 saturated carbocycles. The van der Waals surface area contributed by atoms with E-state index in [1.165, 1.54) is 31.1 Å². The third kappa shape index (κ3) is 5.18. The Morgan fingerprint density at radius 1 is 0.204 bits per heavy atom. The van der Waals surface area contributed by atoms with E-state index in [-0.39, 0.29) is 0 Å². The van der Waals surface area contributed by atoms with Crippen LogP contribution in [0.1, 0.15) is 0 Å². The molecule has 0 aliphatic carbocycles. The van der Waals surface area contributed by atoms with Crippen LogP contribution < -0.4 is 41.5 Å². The zero-order valence-corrected chi connectivity index (χ0v) is 33.9. The summed E-state index contributed by atoms with van der Waals surface area (Å²) < 4.78 is 17.6. The van der Waals surface area contributed by atoms with Gasteiger partial charge in [-0.25, -0.2) is 0 Å². The summed E-state index contributed by atoms with van der Waals surface area (Å²) in [5.74, 6) is 0. The Balaban J connectivity index is 1.63. The van der Waals surface area contributed by atoms with Crippen LogP contribution in [0.4, 0.5) is 0 Å². The van der Waals surface area contributed by atoms with E-state index in [9.17, 15) is 0 Å². The monoisotopic (exact) mass is 760 g/mol. The van der Waals surface area contributed by atoms with Crippen molar-refractivity contribution in [1.29, 1.82) is 0 Å². The van der Waals surface area contributed by atoms with Crippen LogP contribution in [0.3, 0.4) is 0 Å². The Morgan fingerprint density at radius 2 is 0.389 bits per heavy atom. The molecule has 0 unspecified atom stereocenters. The number of hydrogen-bond donors (Lipinski definition) is 0. The van der Waals surface area contributed by atoms with Gasteiger partial charge in [0.15, 0.2) is 7.11 Å². The average Bonchev–Trinajstić information content (AvgIpc) is 3.28. The molecular formula is C48H40O2Si4. The van der Waals surface area contributed by atoms with E-state index in [2.05, 4.69) is 243 Å². The molecule has 260 valence electrons. The maximum atomic E-state index is 8.78. The van der Waals surface area contributed by atoms with Gasteiger partial charge in [-0.3, -0.25) is 0 Å². The smallest absolute Gasteiger partial charge is 0.387 e. The lowest BCUT2D eigenvalue weighted by molar-refractivity contribution is 0.425. The summed E-state index contributed by atoms with van der Waals surface area (Å²) in [7, 11) is -14.2. The molecule has 0 bridgehead atoms. The Hall–Kier alpha value is -5.45. The first-order chi connectivity index (χ1) is 26.8. The molecule has 1 saturated heterocycles. The van der Waals surface area contributed by atoms with Gasteiger partial charge >= 0.3 is 8.56 Å². The van der Waals surface area contributed by atoms with Crippen molar-refractivity contribution in [2.45, 2.75) is 0 Å². The highest BCUT2D eigenvalue weighted by molar-refractivity contribution is 7.84. The molecule has 0 aromatic heterocycles. The molecule has 1 aliphatic heterocycles. The van der Waals surface area contributed by atoms with Gasteiger partial charge in [0.05, 0.1) is 0 Å². The second-order valence-electron chi connectivity index (χ2n) is 13.9. The third-order valence-electron chi connectivity index (χ3n) is 11.1. The van der Waals surface area contributed by atoms with Crippen LogP contribution in [0.2, 0.25) is 0 Å². The zero-order valence-electron chi connectivity index (χ0n) is 29.9. The maximum Gasteiger partial charge on any atom is 0.387 e. The van der Waals surface area contributed by atoms with Crippen LogP contribution >= 0.6 is 0 Å². The van der Waals surface area contributed by atoms with Gasteiger partial charge in [-0.05, 0) is 31.1 Å². The minimum atomic E-state index is -3.63. The summed E-state index contributed by atoms with van der Waals surface area (Å²) in [6.45, 7) is 0. The predicted molar refractivity (Wildman–Crippen MR) is 234 cm³/mol. The quantitative estimate of drug-likeness (QED) is 0.198. The highest BCUT2D eigenvalue weighted by Crippen LogP contribution is 2.40. The molecule has 8 aromatic rings. The first-order valence-corrected chi connectivity index (χ1v) is 28.2. The average molecular weight is 761 g/mol. The van der Waals surface area contributed by atoms with Gasteiger partial charge in [-0.1, -0.05) is 253 Å². The standard InChI is InChI=1S/C48H40O2Si4/c1-9-25-41(26-10-1)51(42-27-11-2-12-28-42)49-52(43-29-13-3-14-30-43,44-31-15-4-16-32-44)54(47-37-21-7-22-38-47,48-39-23-8-24-40-48)53(50-51,45-33-17-5-18-34-45)46-35-19-6-20-36-46/h1-40H. The molecule has 2 nitrogen and oxygen atoms in total. The molecular weight excluding hydrogens is 721 g/mol. The van der Waals surface area contributed by atoms with Crippen LogP contribution in [-0.2, 0) is 8.23 Å². The minimum Gasteiger partial charge on any atom is -0.424 e. The minimum absolute atomic E-state index is 1.12. The second-order valence-corrected chi connectivity index (χ2v) is 35.8. The molecule has 0 radical (unpaired) electrons. The lowest BCUT2D eigenvalue weighted by Gasteiger charge is -2.64. The van der Waals surface area contributed by atoms with E-state index >= 15 is 0 Å². The van der Waals surface area contributed by atoms with Gasteiger partial charge in [-0.15, -0.1) is 0 Å². The summed E-state index contributed by atoms with van der Waals surface area (Å²) in [4.78, 5) is 0. The lowest BCUT2D eigenvalue weighted by atomic mass is 10.4. The van der Waals surface area contributed by atoms with Gasteiger partial charge in [0, 0.05) is 0 Å². The summed E-state index contributed by atoms with van der Waals surface area (Å²) in [6, 6.07) is 89.8. The second kappa shape index (κ2) is 14.4. The van der Waals surface area contributed by atoms with Gasteiger partial charge < -0.3 is 8.23 Å². The number of rotatable bonds is 8. The molecule has 8 aromatic carbocycles. The van der Waals surface area contributed by atoms with Crippen molar-refractivity contribution >= 4 is 72.8 Å². The Kier molecular flexibility index (Phi) is 9.16. The fourth-order valence-corrected chi connectivity index (χ4v) is 61.8. The molecule has 1 heterocycles. The number of benzene rings is 8. The largest absolute Gasteiger partial charge is 0.424 e. The van der Waals surface area contributed by atoms with Crippen molar-refractivity contribution in [2.75, 3.05) is 0 Å². The Morgan fingerprint density at radius 3 is 0.611 bits per heavy atom. The van der Waals surface area contributed by atoms with Crippen molar-refractivity contribution in [3.8, 4) is 0 Å². The highest BCUT2D eigenvalue weighted by atomic mass is 29.7. The lowest BCUT2D eigenvalue weighted by Crippen LogP contribution is -3.06.